The van der Waals surface area contributed by atoms with Crippen molar-refractivity contribution in [2.75, 3.05) is 11.9 Å². The van der Waals surface area contributed by atoms with Gasteiger partial charge < -0.3 is 10.1 Å². The van der Waals surface area contributed by atoms with E-state index in [0.29, 0.717) is 19.4 Å². The molecule has 1 aromatic carbocycles. The average Bonchev–Trinajstić information content (AvgIpc) is 2.46. The number of pyridine rings is 1. The van der Waals surface area contributed by atoms with E-state index < -0.39 is 0 Å². The molecular weight excluding hydrogens is 240 g/mol. The first-order valence-electron chi connectivity index (χ1n) is 6.22. The number of hydrogen-bond donors (Lipinski definition) is 1. The van der Waals surface area contributed by atoms with Gasteiger partial charge in [0.05, 0.1) is 12.8 Å². The lowest BCUT2D eigenvalue weighted by molar-refractivity contribution is -0.116. The molecule has 0 aliphatic heterocycles. The summed E-state index contributed by atoms with van der Waals surface area (Å²) < 4.78 is 5.46. The van der Waals surface area contributed by atoms with Crippen LogP contribution in [0.4, 0.5) is 5.69 Å². The molecule has 4 nitrogen and oxygen atoms in total. The summed E-state index contributed by atoms with van der Waals surface area (Å²) in [7, 11) is 0. The van der Waals surface area contributed by atoms with Crippen LogP contribution in [-0.2, 0) is 4.79 Å². The summed E-state index contributed by atoms with van der Waals surface area (Å²) in [5.41, 5.74) is 0.820. The Morgan fingerprint density at radius 1 is 1.16 bits per heavy atom. The lowest BCUT2D eigenvalue weighted by atomic mass is 10.2. The first-order valence-corrected chi connectivity index (χ1v) is 6.22. The van der Waals surface area contributed by atoms with Crippen LogP contribution >= 0.6 is 0 Å². The van der Waals surface area contributed by atoms with Gasteiger partial charge in [-0.05, 0) is 30.7 Å². The van der Waals surface area contributed by atoms with Crippen molar-refractivity contribution in [1.29, 1.82) is 0 Å². The number of rotatable bonds is 6. The minimum atomic E-state index is 0.000914. The molecule has 0 bridgehead atoms. The SMILES string of the molecule is O=C(CCCOc1cccnc1)Nc1ccccc1. The van der Waals surface area contributed by atoms with Crippen LogP contribution in [0.1, 0.15) is 12.8 Å². The number of nitrogens with one attached hydrogen (secondary N) is 1. The van der Waals surface area contributed by atoms with Gasteiger partial charge in [0.1, 0.15) is 5.75 Å². The van der Waals surface area contributed by atoms with Crippen molar-refractivity contribution in [2.24, 2.45) is 0 Å². The minimum absolute atomic E-state index is 0.000914. The molecule has 1 N–H and O–H groups in total. The Morgan fingerprint density at radius 2 is 2.00 bits per heavy atom. The summed E-state index contributed by atoms with van der Waals surface area (Å²) in [6.07, 6.45) is 4.47. The highest BCUT2D eigenvalue weighted by atomic mass is 16.5. The van der Waals surface area contributed by atoms with Gasteiger partial charge in [0, 0.05) is 18.3 Å². The molecule has 1 aromatic heterocycles. The number of aromatic nitrogens is 1. The molecule has 0 aliphatic rings. The molecule has 98 valence electrons. The fraction of sp³-hybridized carbons (Fsp3) is 0.200. The minimum Gasteiger partial charge on any atom is -0.492 e. The molecule has 0 unspecified atom stereocenters. The smallest absolute Gasteiger partial charge is 0.224 e. The fourth-order valence-electron chi connectivity index (χ4n) is 1.60. The quantitative estimate of drug-likeness (QED) is 0.808. The van der Waals surface area contributed by atoms with E-state index in [1.807, 2.05) is 42.5 Å². The Morgan fingerprint density at radius 3 is 2.74 bits per heavy atom. The van der Waals surface area contributed by atoms with Gasteiger partial charge in [-0.2, -0.15) is 0 Å². The Kier molecular flexibility index (Phi) is 4.93. The molecule has 0 atom stereocenters. The summed E-state index contributed by atoms with van der Waals surface area (Å²) in [5.74, 6) is 0.729. The van der Waals surface area contributed by atoms with Gasteiger partial charge in [0.15, 0.2) is 0 Å². The average molecular weight is 256 g/mol. The second-order valence-electron chi connectivity index (χ2n) is 4.05. The van der Waals surface area contributed by atoms with E-state index in [9.17, 15) is 4.79 Å². The van der Waals surface area contributed by atoms with Gasteiger partial charge in [0.25, 0.3) is 0 Å². The number of ether oxygens (including phenoxy) is 1. The summed E-state index contributed by atoms with van der Waals surface area (Å²) in [6, 6.07) is 13.1. The molecule has 19 heavy (non-hydrogen) atoms. The highest BCUT2D eigenvalue weighted by Crippen LogP contribution is 2.08. The van der Waals surface area contributed by atoms with E-state index in [1.165, 1.54) is 0 Å². The largest absolute Gasteiger partial charge is 0.492 e. The molecule has 4 heteroatoms. The van der Waals surface area contributed by atoms with Crippen LogP contribution in [0.5, 0.6) is 5.75 Å². The molecule has 2 rings (SSSR count). The number of carbonyl (C=O) groups excluding carboxylic acids is 1. The summed E-state index contributed by atoms with van der Waals surface area (Å²) in [5, 5.41) is 2.83. The second-order valence-corrected chi connectivity index (χ2v) is 4.05. The number of anilines is 1. The Balaban J connectivity index is 1.65. The maximum absolute atomic E-state index is 11.6. The molecule has 1 amide bonds. The highest BCUT2D eigenvalue weighted by Gasteiger charge is 2.02. The predicted molar refractivity (Wildman–Crippen MR) is 74.0 cm³/mol. The number of benzene rings is 1. The molecule has 1 heterocycles. The Bertz CT molecular complexity index is 500. The molecule has 0 fully saturated rings. The van der Waals surface area contributed by atoms with E-state index >= 15 is 0 Å². The molecule has 0 saturated carbocycles. The maximum atomic E-state index is 11.6. The predicted octanol–water partition coefficient (Wildman–Crippen LogP) is 2.88. The molecule has 0 aliphatic carbocycles. The third-order valence-electron chi connectivity index (χ3n) is 2.51. The van der Waals surface area contributed by atoms with E-state index in [1.54, 1.807) is 12.4 Å². The zero-order valence-electron chi connectivity index (χ0n) is 10.6. The van der Waals surface area contributed by atoms with Gasteiger partial charge >= 0.3 is 0 Å². The van der Waals surface area contributed by atoms with Crippen molar-refractivity contribution in [1.82, 2.24) is 4.98 Å². The van der Waals surface area contributed by atoms with Crippen molar-refractivity contribution < 1.29 is 9.53 Å². The van der Waals surface area contributed by atoms with E-state index in [4.69, 9.17) is 4.74 Å². The van der Waals surface area contributed by atoms with Crippen LogP contribution in [0.2, 0.25) is 0 Å². The van der Waals surface area contributed by atoms with E-state index in [0.717, 1.165) is 11.4 Å². The zero-order valence-corrected chi connectivity index (χ0v) is 10.6. The van der Waals surface area contributed by atoms with Crippen LogP contribution in [0.25, 0.3) is 0 Å². The van der Waals surface area contributed by atoms with Crippen molar-refractivity contribution >= 4 is 11.6 Å². The van der Waals surface area contributed by atoms with Crippen LogP contribution in [0.15, 0.2) is 54.9 Å². The topological polar surface area (TPSA) is 51.2 Å². The van der Waals surface area contributed by atoms with Crippen LogP contribution < -0.4 is 10.1 Å². The normalized spacial score (nSPS) is 9.89. The number of hydrogen-bond acceptors (Lipinski definition) is 3. The number of carbonyl (C=O) groups is 1. The monoisotopic (exact) mass is 256 g/mol. The number of nitrogens with zero attached hydrogens (tertiary/aromatic N) is 1. The van der Waals surface area contributed by atoms with Gasteiger partial charge in [-0.15, -0.1) is 0 Å². The number of para-hydroxylation sites is 1. The first kappa shape index (κ1) is 13.1. The van der Waals surface area contributed by atoms with Gasteiger partial charge in [-0.3, -0.25) is 9.78 Å². The van der Waals surface area contributed by atoms with Crippen LogP contribution in [0, 0.1) is 0 Å². The highest BCUT2D eigenvalue weighted by molar-refractivity contribution is 5.90. The first-order chi connectivity index (χ1) is 9.34. The van der Waals surface area contributed by atoms with Crippen molar-refractivity contribution in [3.63, 3.8) is 0 Å². The van der Waals surface area contributed by atoms with Crippen molar-refractivity contribution in [3.05, 3.63) is 54.9 Å². The second kappa shape index (κ2) is 7.16. The lowest BCUT2D eigenvalue weighted by Crippen LogP contribution is -2.12. The third-order valence-corrected chi connectivity index (χ3v) is 2.51. The standard InChI is InChI=1S/C15H16N2O2/c18-15(17-13-6-2-1-3-7-13)9-5-11-19-14-8-4-10-16-12-14/h1-4,6-8,10,12H,5,9,11H2,(H,17,18). The van der Waals surface area contributed by atoms with Gasteiger partial charge in [-0.25, -0.2) is 0 Å². The molecule has 2 aromatic rings. The number of amides is 1. The third kappa shape index (κ3) is 4.79. The Labute approximate surface area is 112 Å². The molecule has 0 radical (unpaired) electrons. The summed E-state index contributed by atoms with van der Waals surface area (Å²) >= 11 is 0. The van der Waals surface area contributed by atoms with Crippen LogP contribution in [0.3, 0.4) is 0 Å². The van der Waals surface area contributed by atoms with Crippen molar-refractivity contribution in [2.45, 2.75) is 12.8 Å². The van der Waals surface area contributed by atoms with Crippen molar-refractivity contribution in [3.8, 4) is 5.75 Å². The summed E-state index contributed by atoms with van der Waals surface area (Å²) in [4.78, 5) is 15.6. The Hall–Kier alpha value is -2.36. The summed E-state index contributed by atoms with van der Waals surface area (Å²) in [6.45, 7) is 0.508. The van der Waals surface area contributed by atoms with E-state index in [2.05, 4.69) is 10.3 Å². The fourth-order valence-corrected chi connectivity index (χ4v) is 1.60. The molecular formula is C15H16N2O2. The molecule has 0 spiro atoms. The lowest BCUT2D eigenvalue weighted by Gasteiger charge is -2.06. The van der Waals surface area contributed by atoms with Gasteiger partial charge in [0.2, 0.25) is 5.91 Å². The van der Waals surface area contributed by atoms with E-state index in [-0.39, 0.29) is 5.91 Å². The zero-order chi connectivity index (χ0) is 13.3. The van der Waals surface area contributed by atoms with Gasteiger partial charge in [-0.1, -0.05) is 18.2 Å². The molecule has 0 saturated heterocycles. The maximum Gasteiger partial charge on any atom is 0.224 e. The van der Waals surface area contributed by atoms with Crippen LogP contribution in [-0.4, -0.2) is 17.5 Å².